The summed E-state index contributed by atoms with van der Waals surface area (Å²) >= 11 is 0. The molecule has 0 bridgehead atoms. The number of aryl methyl sites for hydroxylation is 1. The Bertz CT molecular complexity index is 696. The summed E-state index contributed by atoms with van der Waals surface area (Å²) in [5, 5.41) is 7.70. The lowest BCUT2D eigenvalue weighted by molar-refractivity contribution is 0.826. The minimum atomic E-state index is 0.735. The quantitative estimate of drug-likeness (QED) is 0.776. The Morgan fingerprint density at radius 3 is 2.95 bits per heavy atom. The van der Waals surface area contributed by atoms with Gasteiger partial charge in [-0.15, -0.1) is 0 Å². The predicted molar refractivity (Wildman–Crippen MR) is 73.6 cm³/mol. The number of fused-ring (bicyclic) bond motifs is 1. The molecule has 19 heavy (non-hydrogen) atoms. The first-order chi connectivity index (χ1) is 9.28. The first kappa shape index (κ1) is 11.7. The van der Waals surface area contributed by atoms with E-state index in [1.807, 2.05) is 36.0 Å². The zero-order chi connectivity index (χ0) is 13.2. The number of rotatable bonds is 4. The number of hydrogen-bond acceptors (Lipinski definition) is 4. The molecule has 0 saturated heterocycles. The standard InChI is InChI=1S/C13H16N6/c1-3-5-14-11-9-18-8-6-15-12(18)13(16-11)19-7-4-10(2)17-19/h4,6-9,14H,3,5H2,1-2H3. The Hall–Kier alpha value is -2.37. The van der Waals surface area contributed by atoms with Crippen molar-refractivity contribution in [3.05, 3.63) is 36.5 Å². The van der Waals surface area contributed by atoms with Crippen LogP contribution in [-0.4, -0.2) is 30.7 Å². The smallest absolute Gasteiger partial charge is 0.199 e. The first-order valence-corrected chi connectivity index (χ1v) is 6.38. The summed E-state index contributed by atoms with van der Waals surface area (Å²) in [5.41, 5.74) is 1.75. The van der Waals surface area contributed by atoms with Crippen LogP contribution in [0.1, 0.15) is 19.0 Å². The third-order valence-corrected chi connectivity index (χ3v) is 2.85. The molecular formula is C13H16N6. The van der Waals surface area contributed by atoms with Gasteiger partial charge >= 0.3 is 0 Å². The van der Waals surface area contributed by atoms with Gasteiger partial charge in [-0.05, 0) is 19.4 Å². The number of nitrogens with zero attached hydrogens (tertiary/aromatic N) is 5. The van der Waals surface area contributed by atoms with E-state index in [1.165, 1.54) is 0 Å². The van der Waals surface area contributed by atoms with Crippen LogP contribution < -0.4 is 5.32 Å². The van der Waals surface area contributed by atoms with Crippen LogP contribution in [0.15, 0.2) is 30.9 Å². The van der Waals surface area contributed by atoms with Crippen LogP contribution in [0.25, 0.3) is 11.5 Å². The number of anilines is 1. The Morgan fingerprint density at radius 1 is 1.32 bits per heavy atom. The second kappa shape index (κ2) is 4.72. The van der Waals surface area contributed by atoms with Gasteiger partial charge in [0.1, 0.15) is 5.82 Å². The van der Waals surface area contributed by atoms with E-state index < -0.39 is 0 Å². The monoisotopic (exact) mass is 256 g/mol. The maximum absolute atomic E-state index is 4.60. The molecule has 3 aromatic heterocycles. The van der Waals surface area contributed by atoms with Gasteiger partial charge in [-0.1, -0.05) is 6.92 Å². The molecule has 0 aliphatic heterocycles. The van der Waals surface area contributed by atoms with E-state index >= 15 is 0 Å². The highest BCUT2D eigenvalue weighted by molar-refractivity contribution is 5.57. The summed E-state index contributed by atoms with van der Waals surface area (Å²) in [6.45, 7) is 4.98. The molecule has 98 valence electrons. The summed E-state index contributed by atoms with van der Waals surface area (Å²) in [4.78, 5) is 8.94. The van der Waals surface area contributed by atoms with Gasteiger partial charge in [-0.3, -0.25) is 0 Å². The van der Waals surface area contributed by atoms with E-state index in [-0.39, 0.29) is 0 Å². The lowest BCUT2D eigenvalue weighted by atomic mass is 10.4. The summed E-state index contributed by atoms with van der Waals surface area (Å²) in [5.74, 6) is 1.56. The molecule has 0 amide bonds. The molecule has 0 aliphatic carbocycles. The Morgan fingerprint density at radius 2 is 2.21 bits per heavy atom. The van der Waals surface area contributed by atoms with Gasteiger partial charge in [0.15, 0.2) is 11.5 Å². The Balaban J connectivity index is 2.12. The predicted octanol–water partition coefficient (Wildman–Crippen LogP) is 2.05. The highest BCUT2D eigenvalue weighted by atomic mass is 15.3. The molecule has 0 aliphatic rings. The van der Waals surface area contributed by atoms with Gasteiger partial charge in [0.25, 0.3) is 0 Å². The number of aromatic nitrogens is 5. The maximum atomic E-state index is 4.60. The van der Waals surface area contributed by atoms with Gasteiger partial charge in [-0.25, -0.2) is 14.6 Å². The van der Waals surface area contributed by atoms with Crippen LogP contribution in [0.5, 0.6) is 0 Å². The normalized spacial score (nSPS) is 11.1. The summed E-state index contributed by atoms with van der Waals surface area (Å²) in [6, 6.07) is 1.95. The van der Waals surface area contributed by atoms with Crippen molar-refractivity contribution in [2.75, 3.05) is 11.9 Å². The van der Waals surface area contributed by atoms with E-state index in [1.54, 1.807) is 10.9 Å². The highest BCUT2D eigenvalue weighted by Gasteiger charge is 2.10. The molecule has 3 aromatic rings. The Kier molecular flexibility index (Phi) is 2.91. The molecule has 6 nitrogen and oxygen atoms in total. The molecule has 0 spiro atoms. The third kappa shape index (κ3) is 2.16. The third-order valence-electron chi connectivity index (χ3n) is 2.85. The van der Waals surface area contributed by atoms with Crippen molar-refractivity contribution < 1.29 is 0 Å². The maximum Gasteiger partial charge on any atom is 0.199 e. The minimum absolute atomic E-state index is 0.735. The van der Waals surface area contributed by atoms with Gasteiger partial charge < -0.3 is 9.72 Å². The SMILES string of the molecule is CCCNc1cn2ccnc2c(-n2ccc(C)n2)n1. The fraction of sp³-hybridized carbons (Fsp3) is 0.308. The Labute approximate surface area is 111 Å². The summed E-state index contributed by atoms with van der Waals surface area (Å²) in [6.07, 6.45) is 8.57. The molecule has 0 atom stereocenters. The summed E-state index contributed by atoms with van der Waals surface area (Å²) in [7, 11) is 0. The average Bonchev–Trinajstić information content (AvgIpc) is 3.03. The lowest BCUT2D eigenvalue weighted by Gasteiger charge is -2.08. The molecule has 6 heteroatoms. The number of nitrogens with one attached hydrogen (secondary N) is 1. The minimum Gasteiger partial charge on any atom is -0.369 e. The molecule has 3 rings (SSSR count). The van der Waals surface area contributed by atoms with Crippen LogP contribution in [0.2, 0.25) is 0 Å². The van der Waals surface area contributed by atoms with Crippen LogP contribution in [0, 0.1) is 6.92 Å². The van der Waals surface area contributed by atoms with Crippen molar-refractivity contribution >= 4 is 11.5 Å². The molecule has 0 aromatic carbocycles. The van der Waals surface area contributed by atoms with Crippen LogP contribution in [0.3, 0.4) is 0 Å². The van der Waals surface area contributed by atoms with Crippen LogP contribution in [-0.2, 0) is 0 Å². The zero-order valence-electron chi connectivity index (χ0n) is 11.0. The van der Waals surface area contributed by atoms with Gasteiger partial charge in [0.2, 0.25) is 0 Å². The molecule has 0 radical (unpaired) electrons. The largest absolute Gasteiger partial charge is 0.369 e. The van der Waals surface area contributed by atoms with Crippen molar-refractivity contribution in [1.82, 2.24) is 24.1 Å². The molecule has 0 fully saturated rings. The molecule has 0 saturated carbocycles. The van der Waals surface area contributed by atoms with Crippen molar-refractivity contribution in [2.24, 2.45) is 0 Å². The van der Waals surface area contributed by atoms with Gasteiger partial charge in [0, 0.05) is 25.1 Å². The first-order valence-electron chi connectivity index (χ1n) is 6.38. The molecular weight excluding hydrogens is 240 g/mol. The average molecular weight is 256 g/mol. The fourth-order valence-electron chi connectivity index (χ4n) is 1.94. The topological polar surface area (TPSA) is 60.0 Å². The van der Waals surface area contributed by atoms with E-state index in [0.29, 0.717) is 0 Å². The molecule has 1 N–H and O–H groups in total. The lowest BCUT2D eigenvalue weighted by Crippen LogP contribution is -2.08. The molecule has 3 heterocycles. The van der Waals surface area contributed by atoms with Crippen LogP contribution in [0.4, 0.5) is 5.82 Å². The second-order valence-electron chi connectivity index (χ2n) is 4.44. The van der Waals surface area contributed by atoms with Crippen molar-refractivity contribution in [3.63, 3.8) is 0 Å². The van der Waals surface area contributed by atoms with Gasteiger partial charge in [0.05, 0.1) is 11.9 Å². The van der Waals surface area contributed by atoms with E-state index in [0.717, 1.165) is 35.9 Å². The van der Waals surface area contributed by atoms with Crippen molar-refractivity contribution in [1.29, 1.82) is 0 Å². The second-order valence-corrected chi connectivity index (χ2v) is 4.44. The van der Waals surface area contributed by atoms with E-state index in [2.05, 4.69) is 27.3 Å². The van der Waals surface area contributed by atoms with E-state index in [9.17, 15) is 0 Å². The van der Waals surface area contributed by atoms with Crippen LogP contribution >= 0.6 is 0 Å². The zero-order valence-corrected chi connectivity index (χ0v) is 11.0. The number of imidazole rings is 1. The fourth-order valence-corrected chi connectivity index (χ4v) is 1.94. The highest BCUT2D eigenvalue weighted by Crippen LogP contribution is 2.15. The number of hydrogen-bond donors (Lipinski definition) is 1. The molecule has 0 unspecified atom stereocenters. The van der Waals surface area contributed by atoms with E-state index in [4.69, 9.17) is 0 Å². The van der Waals surface area contributed by atoms with Crippen molar-refractivity contribution in [3.8, 4) is 5.82 Å². The van der Waals surface area contributed by atoms with Crippen molar-refractivity contribution in [2.45, 2.75) is 20.3 Å². The van der Waals surface area contributed by atoms with Gasteiger partial charge in [-0.2, -0.15) is 5.10 Å². The summed E-state index contributed by atoms with van der Waals surface area (Å²) < 4.78 is 3.71.